The van der Waals surface area contributed by atoms with Crippen LogP contribution in [-0.4, -0.2) is 29.0 Å². The summed E-state index contributed by atoms with van der Waals surface area (Å²) in [4.78, 5) is 28.1. The molecule has 8 heteroatoms. The van der Waals surface area contributed by atoms with Gasteiger partial charge in [0.25, 0.3) is 11.7 Å². The molecule has 2 heterocycles. The predicted octanol–water partition coefficient (Wildman–Crippen LogP) is 5.05. The van der Waals surface area contributed by atoms with E-state index in [1.807, 2.05) is 18.4 Å². The maximum absolute atomic E-state index is 13.1. The highest BCUT2D eigenvalue weighted by molar-refractivity contribution is 7.10. The van der Waals surface area contributed by atoms with Crippen molar-refractivity contribution in [3.63, 3.8) is 0 Å². The van der Waals surface area contributed by atoms with Crippen molar-refractivity contribution >= 4 is 46.1 Å². The van der Waals surface area contributed by atoms with Crippen LogP contribution in [0.25, 0.3) is 5.76 Å². The number of halogens is 1. The Labute approximate surface area is 187 Å². The third-order valence-electron chi connectivity index (χ3n) is 5.16. The van der Waals surface area contributed by atoms with Crippen LogP contribution in [0.4, 0.5) is 5.69 Å². The molecule has 1 atom stereocenters. The average Bonchev–Trinajstić information content (AvgIpc) is 3.29. The van der Waals surface area contributed by atoms with E-state index in [0.29, 0.717) is 10.6 Å². The number of carbonyl (C=O) groups is 2. The number of ketones is 1. The monoisotopic (exact) mass is 455 g/mol. The highest BCUT2D eigenvalue weighted by Gasteiger charge is 2.48. The second-order valence-electron chi connectivity index (χ2n) is 6.97. The van der Waals surface area contributed by atoms with Gasteiger partial charge in [0, 0.05) is 10.4 Å². The summed E-state index contributed by atoms with van der Waals surface area (Å²) in [5.74, 6) is -1.83. The molecule has 31 heavy (non-hydrogen) atoms. The minimum Gasteiger partial charge on any atom is -0.507 e. The van der Waals surface area contributed by atoms with Crippen LogP contribution < -0.4 is 9.64 Å². The molecule has 158 valence electrons. The van der Waals surface area contributed by atoms with Crippen molar-refractivity contribution in [3.8, 4) is 11.5 Å². The van der Waals surface area contributed by atoms with E-state index in [1.165, 1.54) is 35.5 Å². The van der Waals surface area contributed by atoms with E-state index in [0.717, 1.165) is 5.56 Å². The van der Waals surface area contributed by atoms with E-state index in [-0.39, 0.29) is 27.6 Å². The third kappa shape index (κ3) is 3.45. The number of rotatable bonds is 4. The summed E-state index contributed by atoms with van der Waals surface area (Å²) in [5.41, 5.74) is 1.10. The molecule has 1 amide bonds. The van der Waals surface area contributed by atoms with Crippen molar-refractivity contribution in [3.05, 3.63) is 80.5 Å². The van der Waals surface area contributed by atoms with E-state index in [4.69, 9.17) is 16.3 Å². The molecule has 2 N–H and O–H groups in total. The Morgan fingerprint density at radius 1 is 1.16 bits per heavy atom. The van der Waals surface area contributed by atoms with Crippen molar-refractivity contribution in [2.24, 2.45) is 0 Å². The van der Waals surface area contributed by atoms with Gasteiger partial charge in [0.15, 0.2) is 0 Å². The van der Waals surface area contributed by atoms with Crippen molar-refractivity contribution in [1.82, 2.24) is 0 Å². The molecule has 0 bridgehead atoms. The van der Waals surface area contributed by atoms with Crippen molar-refractivity contribution < 1.29 is 24.5 Å². The van der Waals surface area contributed by atoms with E-state index < -0.39 is 23.5 Å². The maximum Gasteiger partial charge on any atom is 0.300 e. The number of hydrogen-bond acceptors (Lipinski definition) is 6. The summed E-state index contributed by atoms with van der Waals surface area (Å²) in [5, 5.41) is 23.6. The molecule has 1 fully saturated rings. The molecule has 1 aliphatic heterocycles. The van der Waals surface area contributed by atoms with Gasteiger partial charge in [-0.05, 0) is 54.3 Å². The first-order valence-electron chi connectivity index (χ1n) is 9.32. The lowest BCUT2D eigenvalue weighted by atomic mass is 9.98. The minimum atomic E-state index is -0.921. The number of amides is 1. The zero-order chi connectivity index (χ0) is 22.3. The first-order chi connectivity index (χ1) is 14.8. The number of thiophene rings is 1. The average molecular weight is 456 g/mol. The van der Waals surface area contributed by atoms with Crippen LogP contribution >= 0.6 is 22.9 Å². The van der Waals surface area contributed by atoms with E-state index >= 15 is 0 Å². The van der Waals surface area contributed by atoms with Gasteiger partial charge in [0.2, 0.25) is 0 Å². The Morgan fingerprint density at radius 2 is 1.90 bits per heavy atom. The van der Waals surface area contributed by atoms with Gasteiger partial charge in [-0.2, -0.15) is 0 Å². The van der Waals surface area contributed by atoms with Gasteiger partial charge in [0.05, 0.1) is 23.4 Å². The zero-order valence-corrected chi connectivity index (χ0v) is 18.2. The number of aromatic hydroxyl groups is 1. The van der Waals surface area contributed by atoms with E-state index in [1.54, 1.807) is 30.3 Å². The number of nitrogens with zero attached hydrogens (tertiary/aromatic N) is 1. The van der Waals surface area contributed by atoms with Crippen LogP contribution in [0.1, 0.15) is 22.0 Å². The second-order valence-corrected chi connectivity index (χ2v) is 8.33. The van der Waals surface area contributed by atoms with Gasteiger partial charge in [-0.15, -0.1) is 11.3 Å². The normalized spacial score (nSPS) is 17.9. The summed E-state index contributed by atoms with van der Waals surface area (Å²) < 4.78 is 5.21. The minimum absolute atomic E-state index is 0.103. The highest BCUT2D eigenvalue weighted by atomic mass is 35.5. The molecule has 0 spiro atoms. The summed E-state index contributed by atoms with van der Waals surface area (Å²) >= 11 is 7.65. The zero-order valence-electron chi connectivity index (χ0n) is 16.6. The first kappa shape index (κ1) is 21.0. The third-order valence-corrected chi connectivity index (χ3v) is 6.57. The second kappa shape index (κ2) is 8.09. The Balaban J connectivity index is 2.00. The largest absolute Gasteiger partial charge is 0.507 e. The molecule has 1 saturated heterocycles. The van der Waals surface area contributed by atoms with Crippen LogP contribution in [-0.2, 0) is 9.59 Å². The molecule has 2 aromatic carbocycles. The van der Waals surface area contributed by atoms with Gasteiger partial charge in [-0.3, -0.25) is 14.5 Å². The number of Topliss-reactive ketones (excluding diaryl/α,β-unsaturated/α-hetero) is 1. The molecule has 1 aliphatic rings. The van der Waals surface area contributed by atoms with Gasteiger partial charge in [-0.25, -0.2) is 0 Å². The molecule has 1 aromatic heterocycles. The number of para-hydroxylation sites is 2. The number of methoxy groups -OCH3 is 1. The Kier molecular flexibility index (Phi) is 5.47. The number of aliphatic hydroxyl groups excluding tert-OH is 1. The first-order valence-corrected chi connectivity index (χ1v) is 10.6. The molecule has 6 nitrogen and oxygen atoms in total. The van der Waals surface area contributed by atoms with Crippen LogP contribution in [0.3, 0.4) is 0 Å². The van der Waals surface area contributed by atoms with Crippen molar-refractivity contribution in [1.29, 1.82) is 0 Å². The topological polar surface area (TPSA) is 87.1 Å². The number of carbonyl (C=O) groups excluding carboxylic acids is 2. The Hall–Kier alpha value is -3.29. The fourth-order valence-electron chi connectivity index (χ4n) is 3.62. The molecule has 0 saturated carbocycles. The van der Waals surface area contributed by atoms with Gasteiger partial charge >= 0.3 is 0 Å². The smallest absolute Gasteiger partial charge is 0.300 e. The fraction of sp³-hybridized carbons (Fsp3) is 0.130. The number of ether oxygens (including phenoxy) is 1. The lowest BCUT2D eigenvalue weighted by Gasteiger charge is -2.25. The summed E-state index contributed by atoms with van der Waals surface area (Å²) in [6.45, 7) is 1.86. The molecular formula is C23H18ClNO5S. The molecule has 0 aliphatic carbocycles. The Morgan fingerprint density at radius 3 is 2.55 bits per heavy atom. The molecule has 1 unspecified atom stereocenters. The maximum atomic E-state index is 13.1. The molecule has 4 rings (SSSR count). The lowest BCUT2D eigenvalue weighted by Crippen LogP contribution is -2.29. The molecule has 3 aromatic rings. The van der Waals surface area contributed by atoms with Crippen molar-refractivity contribution in [2.75, 3.05) is 12.0 Å². The quantitative estimate of drug-likeness (QED) is 0.326. The van der Waals surface area contributed by atoms with Crippen molar-refractivity contribution in [2.45, 2.75) is 13.0 Å². The highest BCUT2D eigenvalue weighted by Crippen LogP contribution is 2.47. The Bertz CT molecular complexity index is 1230. The number of aliphatic hydroxyl groups is 1. The lowest BCUT2D eigenvalue weighted by molar-refractivity contribution is -0.132. The van der Waals surface area contributed by atoms with Gasteiger partial charge in [0.1, 0.15) is 23.3 Å². The number of aryl methyl sites for hydroxylation is 1. The van der Waals surface area contributed by atoms with E-state index in [9.17, 15) is 19.8 Å². The van der Waals surface area contributed by atoms with Crippen LogP contribution in [0.5, 0.6) is 11.5 Å². The summed E-state index contributed by atoms with van der Waals surface area (Å²) in [6.07, 6.45) is 0. The SMILES string of the molecule is COc1ccc(Cl)c(/C(O)=C2\C(=O)C(=O)N(c3ccccc3O)C2c2sccc2C)c1. The fourth-order valence-corrected chi connectivity index (χ4v) is 4.85. The van der Waals surface area contributed by atoms with Crippen LogP contribution in [0.15, 0.2) is 59.5 Å². The number of phenolic OH excluding ortho intramolecular Hbond substituents is 1. The predicted molar refractivity (Wildman–Crippen MR) is 120 cm³/mol. The number of benzene rings is 2. The number of phenols is 1. The van der Waals surface area contributed by atoms with E-state index in [2.05, 4.69) is 0 Å². The number of hydrogen-bond donors (Lipinski definition) is 2. The van der Waals surface area contributed by atoms with Gasteiger partial charge in [-0.1, -0.05) is 23.7 Å². The standard InChI is InChI=1S/C23H18ClNO5S/c1-12-9-10-31-22(12)19-18(20(27)14-11-13(30-2)7-8-15(14)24)21(28)23(29)25(19)16-5-3-4-6-17(16)26/h3-11,19,26-27H,1-2H3/b20-18+. The number of anilines is 1. The summed E-state index contributed by atoms with van der Waals surface area (Å²) in [7, 11) is 1.47. The molecule has 0 radical (unpaired) electrons. The van der Waals surface area contributed by atoms with Gasteiger partial charge < -0.3 is 14.9 Å². The molecular weight excluding hydrogens is 438 g/mol. The summed E-state index contributed by atoms with van der Waals surface area (Å²) in [6, 6.07) is 11.9. The van der Waals surface area contributed by atoms with Crippen LogP contribution in [0.2, 0.25) is 5.02 Å². The van der Waals surface area contributed by atoms with Crippen LogP contribution in [0, 0.1) is 6.92 Å².